The minimum atomic E-state index is 0.379. The molecule has 1 heterocycles. The molecule has 2 bridgehead atoms. The van der Waals surface area contributed by atoms with Crippen LogP contribution in [0.3, 0.4) is 0 Å². The van der Waals surface area contributed by atoms with Crippen molar-refractivity contribution in [2.24, 2.45) is 22.2 Å². The molecule has 3 fully saturated rings. The molecule has 1 saturated heterocycles. The van der Waals surface area contributed by atoms with E-state index in [4.69, 9.17) is 4.74 Å². The number of hydrogen-bond acceptors (Lipinski definition) is 1. The van der Waals surface area contributed by atoms with Gasteiger partial charge >= 0.3 is 0 Å². The average Bonchev–Trinajstić information content (AvgIpc) is 2.85. The molecule has 4 aliphatic rings. The van der Waals surface area contributed by atoms with Crippen LogP contribution < -0.4 is 0 Å². The number of allylic oxidation sites excluding steroid dienone is 1. The van der Waals surface area contributed by atoms with Gasteiger partial charge in [0.1, 0.15) is 0 Å². The standard InChI is InChI=1S/C15H22O/c1-13(2)8-10-12(16-10)15-6-5-9(7-11(13)15)14(15,3)4/h7,9-10,12H,5-6,8H2,1-4H3/t9-,10+,12+,15+/m0/s1. The largest absolute Gasteiger partial charge is 0.369 e. The van der Waals surface area contributed by atoms with E-state index in [2.05, 4.69) is 33.8 Å². The molecular formula is C15H22O. The SMILES string of the molecule is CC1(C)C[C@H]2O[C@H]2[C@@]23CC[C@@H](C=C12)C3(C)C. The monoisotopic (exact) mass is 218 g/mol. The number of hydrogen-bond donors (Lipinski definition) is 0. The van der Waals surface area contributed by atoms with E-state index in [1.807, 2.05) is 0 Å². The van der Waals surface area contributed by atoms with E-state index in [1.165, 1.54) is 19.3 Å². The van der Waals surface area contributed by atoms with Crippen LogP contribution in [0.25, 0.3) is 0 Å². The van der Waals surface area contributed by atoms with Crippen LogP contribution in [0.2, 0.25) is 0 Å². The van der Waals surface area contributed by atoms with E-state index in [9.17, 15) is 0 Å². The molecule has 0 aromatic carbocycles. The Balaban J connectivity index is 1.94. The van der Waals surface area contributed by atoms with Crippen molar-refractivity contribution in [1.82, 2.24) is 0 Å². The molecule has 88 valence electrons. The van der Waals surface area contributed by atoms with E-state index in [-0.39, 0.29) is 0 Å². The van der Waals surface area contributed by atoms with Gasteiger partial charge in [-0.05, 0) is 36.0 Å². The molecule has 16 heavy (non-hydrogen) atoms. The van der Waals surface area contributed by atoms with Gasteiger partial charge in [-0.3, -0.25) is 0 Å². The van der Waals surface area contributed by atoms with E-state index < -0.39 is 0 Å². The first-order chi connectivity index (χ1) is 7.39. The predicted octanol–water partition coefficient (Wildman–Crippen LogP) is 3.55. The fourth-order valence-electron chi connectivity index (χ4n) is 5.36. The normalized spacial score (nSPS) is 54.2. The number of ether oxygens (including phenoxy) is 1. The third kappa shape index (κ3) is 0.766. The summed E-state index contributed by atoms with van der Waals surface area (Å²) >= 11 is 0. The Hall–Kier alpha value is -0.300. The molecule has 0 unspecified atom stereocenters. The molecule has 0 aromatic rings. The lowest BCUT2D eigenvalue weighted by Crippen LogP contribution is -2.46. The van der Waals surface area contributed by atoms with Gasteiger partial charge in [0.15, 0.2) is 0 Å². The van der Waals surface area contributed by atoms with E-state index in [1.54, 1.807) is 5.57 Å². The highest BCUT2D eigenvalue weighted by atomic mass is 16.6. The third-order valence-electron chi connectivity index (χ3n) is 6.28. The average molecular weight is 218 g/mol. The zero-order valence-corrected chi connectivity index (χ0v) is 10.8. The second-order valence-electron chi connectivity index (χ2n) is 7.60. The van der Waals surface area contributed by atoms with Crippen molar-refractivity contribution in [3.8, 4) is 0 Å². The number of fused-ring (bicyclic) bond motifs is 2. The first kappa shape index (κ1) is 9.70. The highest BCUT2D eigenvalue weighted by Crippen LogP contribution is 2.76. The summed E-state index contributed by atoms with van der Waals surface area (Å²) in [6.45, 7) is 9.81. The quantitative estimate of drug-likeness (QED) is 0.447. The summed E-state index contributed by atoms with van der Waals surface area (Å²) in [6, 6.07) is 0. The lowest BCUT2D eigenvalue weighted by molar-refractivity contribution is 0.0844. The van der Waals surface area contributed by atoms with Crippen molar-refractivity contribution in [2.75, 3.05) is 0 Å². The molecule has 0 amide bonds. The van der Waals surface area contributed by atoms with Gasteiger partial charge in [-0.25, -0.2) is 0 Å². The first-order valence-corrected chi connectivity index (χ1v) is 6.78. The Labute approximate surface area is 98.2 Å². The van der Waals surface area contributed by atoms with Gasteiger partial charge in [0.05, 0.1) is 12.2 Å². The lowest BCUT2D eigenvalue weighted by atomic mass is 9.54. The number of epoxide rings is 1. The summed E-state index contributed by atoms with van der Waals surface area (Å²) < 4.78 is 6.04. The van der Waals surface area contributed by atoms with Gasteiger partial charge < -0.3 is 4.74 Å². The van der Waals surface area contributed by atoms with Crippen molar-refractivity contribution >= 4 is 0 Å². The molecule has 3 aliphatic carbocycles. The highest BCUT2D eigenvalue weighted by molar-refractivity contribution is 5.43. The molecule has 1 heteroatoms. The van der Waals surface area contributed by atoms with Gasteiger partial charge in [0.2, 0.25) is 0 Å². The molecule has 4 rings (SSSR count). The van der Waals surface area contributed by atoms with Crippen LogP contribution in [0, 0.1) is 22.2 Å². The van der Waals surface area contributed by atoms with Gasteiger partial charge in [0, 0.05) is 5.41 Å². The number of rotatable bonds is 0. The van der Waals surface area contributed by atoms with Crippen LogP contribution in [0.4, 0.5) is 0 Å². The minimum absolute atomic E-state index is 0.379. The van der Waals surface area contributed by atoms with Crippen LogP contribution in [-0.2, 0) is 4.74 Å². The Morgan fingerprint density at radius 1 is 1.25 bits per heavy atom. The maximum Gasteiger partial charge on any atom is 0.0940 e. The summed E-state index contributed by atoms with van der Waals surface area (Å²) in [7, 11) is 0. The van der Waals surface area contributed by atoms with Crippen molar-refractivity contribution in [3.05, 3.63) is 11.6 Å². The third-order valence-corrected chi connectivity index (χ3v) is 6.28. The van der Waals surface area contributed by atoms with E-state index in [0.29, 0.717) is 28.5 Å². The molecule has 1 spiro atoms. The minimum Gasteiger partial charge on any atom is -0.369 e. The van der Waals surface area contributed by atoms with Gasteiger partial charge in [-0.1, -0.05) is 39.3 Å². The fraction of sp³-hybridized carbons (Fsp3) is 0.867. The second kappa shape index (κ2) is 2.29. The molecule has 4 atom stereocenters. The molecule has 1 nitrogen and oxygen atoms in total. The van der Waals surface area contributed by atoms with Crippen LogP contribution in [-0.4, -0.2) is 12.2 Å². The zero-order chi connectivity index (χ0) is 11.3. The predicted molar refractivity (Wildman–Crippen MR) is 64.1 cm³/mol. The highest BCUT2D eigenvalue weighted by Gasteiger charge is 2.74. The van der Waals surface area contributed by atoms with Crippen molar-refractivity contribution < 1.29 is 4.74 Å². The maximum absolute atomic E-state index is 6.04. The summed E-state index contributed by atoms with van der Waals surface area (Å²) in [4.78, 5) is 0. The summed E-state index contributed by atoms with van der Waals surface area (Å²) in [6.07, 6.45) is 7.77. The Morgan fingerprint density at radius 2 is 2.00 bits per heavy atom. The van der Waals surface area contributed by atoms with E-state index >= 15 is 0 Å². The van der Waals surface area contributed by atoms with Gasteiger partial charge in [-0.2, -0.15) is 0 Å². The summed E-state index contributed by atoms with van der Waals surface area (Å²) in [5.74, 6) is 0.810. The van der Waals surface area contributed by atoms with Crippen LogP contribution in [0.15, 0.2) is 11.6 Å². The van der Waals surface area contributed by atoms with E-state index in [0.717, 1.165) is 5.92 Å². The van der Waals surface area contributed by atoms with Crippen LogP contribution >= 0.6 is 0 Å². The molecule has 0 aromatic heterocycles. The van der Waals surface area contributed by atoms with Gasteiger partial charge in [0.25, 0.3) is 0 Å². The second-order valence-corrected chi connectivity index (χ2v) is 7.60. The van der Waals surface area contributed by atoms with Crippen LogP contribution in [0.1, 0.15) is 47.0 Å². The van der Waals surface area contributed by atoms with Crippen LogP contribution in [0.5, 0.6) is 0 Å². The molecule has 2 saturated carbocycles. The fourth-order valence-corrected chi connectivity index (χ4v) is 5.36. The molecule has 1 aliphatic heterocycles. The van der Waals surface area contributed by atoms with Crippen molar-refractivity contribution in [1.29, 1.82) is 0 Å². The first-order valence-electron chi connectivity index (χ1n) is 6.78. The Morgan fingerprint density at radius 3 is 2.69 bits per heavy atom. The topological polar surface area (TPSA) is 12.5 Å². The zero-order valence-electron chi connectivity index (χ0n) is 10.8. The van der Waals surface area contributed by atoms with Crippen molar-refractivity contribution in [3.63, 3.8) is 0 Å². The lowest BCUT2D eigenvalue weighted by Gasteiger charge is -2.48. The smallest absolute Gasteiger partial charge is 0.0940 e. The molecular weight excluding hydrogens is 196 g/mol. The Kier molecular flexibility index (Phi) is 1.39. The van der Waals surface area contributed by atoms with Crippen molar-refractivity contribution in [2.45, 2.75) is 59.2 Å². The summed E-state index contributed by atoms with van der Waals surface area (Å²) in [5, 5.41) is 0. The van der Waals surface area contributed by atoms with Gasteiger partial charge in [-0.15, -0.1) is 0 Å². The summed E-state index contributed by atoms with van der Waals surface area (Å²) in [5.41, 5.74) is 2.98. The Bertz CT molecular complexity index is 404. The maximum atomic E-state index is 6.04. The molecule has 0 radical (unpaired) electrons. The molecule has 0 N–H and O–H groups in total.